The van der Waals surface area contributed by atoms with Crippen molar-refractivity contribution in [3.05, 3.63) is 52.2 Å². The van der Waals surface area contributed by atoms with Crippen LogP contribution < -0.4 is 4.90 Å². The van der Waals surface area contributed by atoms with Gasteiger partial charge >= 0.3 is 5.97 Å². The van der Waals surface area contributed by atoms with Crippen molar-refractivity contribution < 1.29 is 19.2 Å². The second-order valence-corrected chi connectivity index (χ2v) is 6.43. The molecule has 0 radical (unpaired) electrons. The van der Waals surface area contributed by atoms with E-state index in [0.717, 1.165) is 5.82 Å². The van der Waals surface area contributed by atoms with Gasteiger partial charge in [-0.2, -0.15) is 9.61 Å². The predicted molar refractivity (Wildman–Crippen MR) is 104 cm³/mol. The maximum atomic E-state index is 12.1. The van der Waals surface area contributed by atoms with Crippen molar-refractivity contribution in [2.24, 2.45) is 0 Å². The minimum absolute atomic E-state index is 0.0159. The third-order valence-corrected chi connectivity index (χ3v) is 4.58. The third-order valence-electron chi connectivity index (χ3n) is 4.58. The van der Waals surface area contributed by atoms with Gasteiger partial charge in [0.15, 0.2) is 11.3 Å². The molecule has 1 aliphatic rings. The number of hydrogen-bond donors (Lipinski definition) is 0. The minimum Gasteiger partial charge on any atom is -0.461 e. The van der Waals surface area contributed by atoms with E-state index >= 15 is 0 Å². The molecule has 10 heteroatoms. The Labute approximate surface area is 165 Å². The van der Waals surface area contributed by atoms with Crippen LogP contribution in [0.15, 0.2) is 36.4 Å². The number of anilines is 1. The van der Waals surface area contributed by atoms with Crippen LogP contribution in [0.3, 0.4) is 0 Å². The zero-order chi connectivity index (χ0) is 20.4. The number of carbonyl (C=O) groups is 1. The van der Waals surface area contributed by atoms with E-state index in [-0.39, 0.29) is 18.0 Å². The highest BCUT2D eigenvalue weighted by Crippen LogP contribution is 2.28. The number of aromatic nitrogens is 3. The Balaban J connectivity index is 1.86. The van der Waals surface area contributed by atoms with Gasteiger partial charge in [0.25, 0.3) is 5.69 Å². The highest BCUT2D eigenvalue weighted by molar-refractivity contribution is 5.89. The summed E-state index contributed by atoms with van der Waals surface area (Å²) in [5, 5.41) is 15.5. The fourth-order valence-electron chi connectivity index (χ4n) is 3.21. The zero-order valence-electron chi connectivity index (χ0n) is 15.8. The van der Waals surface area contributed by atoms with Crippen molar-refractivity contribution in [3.8, 4) is 11.3 Å². The Hall–Kier alpha value is -3.53. The molecule has 0 spiro atoms. The quantitative estimate of drug-likeness (QED) is 0.366. The molecule has 3 heterocycles. The highest BCUT2D eigenvalue weighted by atomic mass is 16.6. The van der Waals surface area contributed by atoms with Crippen LogP contribution in [0.4, 0.5) is 11.5 Å². The summed E-state index contributed by atoms with van der Waals surface area (Å²) in [5.74, 6) is 0.207. The molecule has 0 aliphatic carbocycles. The molecule has 0 N–H and O–H groups in total. The first-order chi connectivity index (χ1) is 14.1. The summed E-state index contributed by atoms with van der Waals surface area (Å²) in [6.07, 6.45) is 0. The molecular formula is C19H19N5O5. The number of carbonyl (C=O) groups excluding carboxylic acids is 1. The molecule has 1 aliphatic heterocycles. The van der Waals surface area contributed by atoms with Crippen molar-refractivity contribution in [3.63, 3.8) is 0 Å². The smallest absolute Gasteiger partial charge is 0.358 e. The normalized spacial score (nSPS) is 14.2. The largest absolute Gasteiger partial charge is 0.461 e. The van der Waals surface area contributed by atoms with E-state index in [9.17, 15) is 14.9 Å². The lowest BCUT2D eigenvalue weighted by Crippen LogP contribution is -2.37. The summed E-state index contributed by atoms with van der Waals surface area (Å²) in [6, 6.07) is 9.67. The van der Waals surface area contributed by atoms with Crippen molar-refractivity contribution >= 4 is 23.1 Å². The average molecular weight is 397 g/mol. The molecule has 0 saturated carbocycles. The number of hydrogen-bond acceptors (Lipinski definition) is 8. The van der Waals surface area contributed by atoms with E-state index in [1.807, 2.05) is 6.07 Å². The molecule has 0 amide bonds. The molecule has 0 unspecified atom stereocenters. The summed E-state index contributed by atoms with van der Waals surface area (Å²) >= 11 is 0. The second kappa shape index (κ2) is 7.84. The van der Waals surface area contributed by atoms with Crippen LogP contribution in [0.25, 0.3) is 16.9 Å². The average Bonchev–Trinajstić information content (AvgIpc) is 3.18. The number of rotatable bonds is 5. The molecule has 2 aromatic heterocycles. The van der Waals surface area contributed by atoms with E-state index in [4.69, 9.17) is 9.47 Å². The van der Waals surface area contributed by atoms with E-state index < -0.39 is 10.9 Å². The van der Waals surface area contributed by atoms with Crippen LogP contribution in [-0.2, 0) is 9.47 Å². The molecule has 1 fully saturated rings. The Bertz CT molecular complexity index is 1070. The molecule has 1 saturated heterocycles. The molecule has 150 valence electrons. The Morgan fingerprint density at radius 2 is 2.07 bits per heavy atom. The van der Waals surface area contributed by atoms with E-state index in [0.29, 0.717) is 43.2 Å². The number of nitro benzene ring substituents is 1. The van der Waals surface area contributed by atoms with Crippen molar-refractivity contribution in [1.29, 1.82) is 0 Å². The number of non-ortho nitro benzene ring substituents is 1. The number of benzene rings is 1. The van der Waals surface area contributed by atoms with Gasteiger partial charge in [0.1, 0.15) is 5.82 Å². The Morgan fingerprint density at radius 3 is 2.79 bits per heavy atom. The minimum atomic E-state index is -0.525. The lowest BCUT2D eigenvalue weighted by molar-refractivity contribution is -0.384. The molecule has 1 aromatic carbocycles. The number of nitro groups is 1. The maximum Gasteiger partial charge on any atom is 0.358 e. The first kappa shape index (κ1) is 18.8. The van der Waals surface area contributed by atoms with Gasteiger partial charge in [0.2, 0.25) is 0 Å². The van der Waals surface area contributed by atoms with Crippen LogP contribution in [0.5, 0.6) is 0 Å². The maximum absolute atomic E-state index is 12.1. The van der Waals surface area contributed by atoms with Crippen LogP contribution in [-0.4, -0.2) is 58.4 Å². The molecule has 0 atom stereocenters. The van der Waals surface area contributed by atoms with Crippen LogP contribution in [0.2, 0.25) is 0 Å². The number of fused-ring (bicyclic) bond motifs is 1. The topological polar surface area (TPSA) is 112 Å². The molecule has 0 bridgehead atoms. The molecular weight excluding hydrogens is 378 g/mol. The van der Waals surface area contributed by atoms with Gasteiger partial charge in [-0.05, 0) is 6.92 Å². The fraction of sp³-hybridized carbons (Fsp3) is 0.316. The van der Waals surface area contributed by atoms with E-state index in [1.165, 1.54) is 12.1 Å². The first-order valence-corrected chi connectivity index (χ1v) is 9.22. The predicted octanol–water partition coefficient (Wildman–Crippen LogP) is 2.32. The molecule has 29 heavy (non-hydrogen) atoms. The van der Waals surface area contributed by atoms with Crippen LogP contribution in [0.1, 0.15) is 17.4 Å². The lowest BCUT2D eigenvalue weighted by atomic mass is 10.1. The van der Waals surface area contributed by atoms with Crippen molar-refractivity contribution in [1.82, 2.24) is 14.6 Å². The van der Waals surface area contributed by atoms with Gasteiger partial charge in [0.05, 0.1) is 30.4 Å². The standard InChI is InChI=1S/C19H19N5O5/c1-2-29-19(25)16-11-17-20-15(13-4-3-5-14(10-13)24(26)27)12-18(23(17)21-16)22-6-8-28-9-7-22/h3-5,10-12H,2,6-9H2,1H3. The zero-order valence-corrected chi connectivity index (χ0v) is 15.8. The first-order valence-electron chi connectivity index (χ1n) is 9.22. The summed E-state index contributed by atoms with van der Waals surface area (Å²) in [6.45, 7) is 4.43. The fourth-order valence-corrected chi connectivity index (χ4v) is 3.21. The third kappa shape index (κ3) is 3.74. The summed E-state index contributed by atoms with van der Waals surface area (Å²) in [4.78, 5) is 29.5. The molecule has 4 rings (SSSR count). The SMILES string of the molecule is CCOC(=O)c1cc2nc(-c3cccc([N+](=O)[O-])c3)cc(N3CCOCC3)n2n1. The molecule has 3 aromatic rings. The Kier molecular flexibility index (Phi) is 5.09. The van der Waals surface area contributed by atoms with Gasteiger partial charge in [-0.25, -0.2) is 9.78 Å². The van der Waals surface area contributed by atoms with Gasteiger partial charge in [-0.15, -0.1) is 0 Å². The van der Waals surface area contributed by atoms with Crippen molar-refractivity contribution in [2.45, 2.75) is 6.92 Å². The van der Waals surface area contributed by atoms with Gasteiger partial charge in [0, 0.05) is 42.9 Å². The second-order valence-electron chi connectivity index (χ2n) is 6.43. The van der Waals surface area contributed by atoms with E-state index in [2.05, 4.69) is 15.0 Å². The number of ether oxygens (including phenoxy) is 2. The lowest BCUT2D eigenvalue weighted by Gasteiger charge is -2.29. The molecule has 10 nitrogen and oxygen atoms in total. The highest BCUT2D eigenvalue weighted by Gasteiger charge is 2.21. The van der Waals surface area contributed by atoms with Crippen LogP contribution in [0, 0.1) is 10.1 Å². The van der Waals surface area contributed by atoms with Crippen molar-refractivity contribution in [2.75, 3.05) is 37.8 Å². The number of morpholine rings is 1. The summed E-state index contributed by atoms with van der Waals surface area (Å²) < 4.78 is 12.1. The monoisotopic (exact) mass is 397 g/mol. The summed E-state index contributed by atoms with van der Waals surface area (Å²) in [7, 11) is 0. The van der Waals surface area contributed by atoms with Crippen LogP contribution >= 0.6 is 0 Å². The number of nitrogens with zero attached hydrogens (tertiary/aromatic N) is 5. The number of esters is 1. The van der Waals surface area contributed by atoms with Gasteiger partial charge in [-0.3, -0.25) is 10.1 Å². The summed E-state index contributed by atoms with van der Waals surface area (Å²) in [5.41, 5.74) is 1.76. The van der Waals surface area contributed by atoms with Gasteiger partial charge in [-0.1, -0.05) is 12.1 Å². The Morgan fingerprint density at radius 1 is 1.28 bits per heavy atom. The van der Waals surface area contributed by atoms with Gasteiger partial charge < -0.3 is 14.4 Å². The van der Waals surface area contributed by atoms with E-state index in [1.54, 1.807) is 29.6 Å².